The first-order chi connectivity index (χ1) is 13.9. The number of amides is 1. The molecule has 7 heteroatoms. The third-order valence-electron chi connectivity index (χ3n) is 6.38. The van der Waals surface area contributed by atoms with E-state index >= 15 is 0 Å². The number of carbonyl (C=O) groups is 2. The fraction of sp³-hybridized carbons (Fsp3) is 0.364. The van der Waals surface area contributed by atoms with E-state index in [-0.39, 0.29) is 25.4 Å². The van der Waals surface area contributed by atoms with Gasteiger partial charge in [0, 0.05) is 5.92 Å². The zero-order valence-electron chi connectivity index (χ0n) is 15.4. The number of rotatable bonds is 3. The van der Waals surface area contributed by atoms with Crippen LogP contribution >= 0.6 is 0 Å². The number of nitrogens with zero attached hydrogens (tertiary/aromatic N) is 1. The van der Waals surface area contributed by atoms with E-state index in [4.69, 9.17) is 4.74 Å². The summed E-state index contributed by atoms with van der Waals surface area (Å²) in [5.41, 5.74) is 4.12. The van der Waals surface area contributed by atoms with Crippen molar-refractivity contribution in [2.75, 3.05) is 6.61 Å². The van der Waals surface area contributed by atoms with Crippen LogP contribution in [0.4, 0.5) is 13.6 Å². The smallest absolute Gasteiger partial charge is 0.411 e. The summed E-state index contributed by atoms with van der Waals surface area (Å²) >= 11 is 0. The van der Waals surface area contributed by atoms with Crippen molar-refractivity contribution in [3.05, 3.63) is 59.7 Å². The number of carboxylic acids is 1. The van der Waals surface area contributed by atoms with Gasteiger partial charge in [0.1, 0.15) is 18.7 Å². The van der Waals surface area contributed by atoms with Gasteiger partial charge in [-0.15, -0.1) is 0 Å². The molecule has 3 atom stereocenters. The predicted molar refractivity (Wildman–Crippen MR) is 99.8 cm³/mol. The quantitative estimate of drug-likeness (QED) is 0.843. The van der Waals surface area contributed by atoms with E-state index in [1.165, 1.54) is 0 Å². The minimum absolute atomic E-state index is 0.0102. The van der Waals surface area contributed by atoms with Crippen molar-refractivity contribution in [3.63, 3.8) is 0 Å². The van der Waals surface area contributed by atoms with Gasteiger partial charge in [-0.3, -0.25) is 4.90 Å². The summed E-state index contributed by atoms with van der Waals surface area (Å²) in [5, 5.41) is 9.41. The summed E-state index contributed by atoms with van der Waals surface area (Å²) < 4.78 is 33.5. The lowest BCUT2D eigenvalue weighted by Gasteiger charge is -2.31. The second-order valence-corrected chi connectivity index (χ2v) is 7.87. The average molecular weight is 399 g/mol. The second kappa shape index (κ2) is 6.27. The fourth-order valence-electron chi connectivity index (χ4n) is 4.92. The zero-order valence-corrected chi connectivity index (χ0v) is 15.4. The molecule has 1 N–H and O–H groups in total. The Hall–Kier alpha value is -2.96. The average Bonchev–Trinajstić information content (AvgIpc) is 3.14. The Morgan fingerprint density at radius 3 is 2.21 bits per heavy atom. The molecule has 2 aliphatic carbocycles. The molecule has 0 bridgehead atoms. The molecule has 1 aliphatic heterocycles. The standard InChI is InChI=1S/C22H19F2NO4/c23-22(24)17-9-10-18(20(26)27)25(19(17)22)21(28)29-11-16-14-7-3-1-5-12(14)13-6-2-4-8-15(13)16/h1-8,16-19H,9-11H2,(H,26,27). The molecule has 3 aliphatic rings. The Bertz CT molecular complexity index is 962. The van der Waals surface area contributed by atoms with Gasteiger partial charge >= 0.3 is 12.1 Å². The molecule has 5 nitrogen and oxygen atoms in total. The summed E-state index contributed by atoms with van der Waals surface area (Å²) in [7, 11) is 0. The third-order valence-corrected chi connectivity index (χ3v) is 6.38. The molecule has 5 rings (SSSR count). The lowest BCUT2D eigenvalue weighted by atomic mass is 9.98. The number of piperidine rings is 1. The molecular formula is C22H19F2NO4. The number of benzene rings is 2. The summed E-state index contributed by atoms with van der Waals surface area (Å²) in [6.45, 7) is -0.0291. The molecule has 3 unspecified atom stereocenters. The highest BCUT2D eigenvalue weighted by Gasteiger charge is 2.74. The molecule has 1 saturated carbocycles. The van der Waals surface area contributed by atoms with Crippen molar-refractivity contribution in [2.45, 2.75) is 36.8 Å². The molecule has 2 aromatic rings. The summed E-state index contributed by atoms with van der Waals surface area (Å²) in [6, 6.07) is 12.9. The number of likely N-dealkylation sites (tertiary alicyclic amines) is 1. The maximum atomic E-state index is 14.0. The van der Waals surface area contributed by atoms with Crippen LogP contribution in [0.25, 0.3) is 11.1 Å². The highest BCUT2D eigenvalue weighted by molar-refractivity contribution is 5.82. The molecule has 29 heavy (non-hydrogen) atoms. The first-order valence-electron chi connectivity index (χ1n) is 9.65. The topological polar surface area (TPSA) is 66.8 Å². The van der Waals surface area contributed by atoms with Crippen molar-refractivity contribution in [1.29, 1.82) is 0 Å². The van der Waals surface area contributed by atoms with Gasteiger partial charge in [-0.1, -0.05) is 48.5 Å². The lowest BCUT2D eigenvalue weighted by molar-refractivity contribution is -0.144. The van der Waals surface area contributed by atoms with Crippen LogP contribution in [0.1, 0.15) is 29.9 Å². The normalized spacial score (nSPS) is 26.3. The third kappa shape index (κ3) is 2.63. The maximum Gasteiger partial charge on any atom is 0.411 e. The van der Waals surface area contributed by atoms with Gasteiger partial charge < -0.3 is 9.84 Å². The Labute approximate surface area is 165 Å². The second-order valence-electron chi connectivity index (χ2n) is 7.87. The molecule has 0 spiro atoms. The van der Waals surface area contributed by atoms with Crippen molar-refractivity contribution < 1.29 is 28.2 Å². The highest BCUT2D eigenvalue weighted by Crippen LogP contribution is 2.58. The number of aliphatic carboxylic acids is 1. The maximum absolute atomic E-state index is 14.0. The number of carboxylic acid groups (broad SMARTS) is 1. The Balaban J connectivity index is 1.39. The number of hydrogen-bond acceptors (Lipinski definition) is 3. The van der Waals surface area contributed by atoms with E-state index in [1.807, 2.05) is 48.5 Å². The van der Waals surface area contributed by atoms with Crippen LogP contribution < -0.4 is 0 Å². The Kier molecular flexibility index (Phi) is 3.91. The van der Waals surface area contributed by atoms with Gasteiger partial charge in [0.25, 0.3) is 5.92 Å². The van der Waals surface area contributed by atoms with Gasteiger partial charge in [-0.2, -0.15) is 0 Å². The van der Waals surface area contributed by atoms with Gasteiger partial charge in [0.15, 0.2) is 0 Å². The zero-order chi connectivity index (χ0) is 20.3. The minimum atomic E-state index is -3.05. The van der Waals surface area contributed by atoms with Crippen LogP contribution in [0.3, 0.4) is 0 Å². The van der Waals surface area contributed by atoms with Crippen LogP contribution in [0.15, 0.2) is 48.5 Å². The number of alkyl halides is 2. The molecule has 0 aromatic heterocycles. The summed E-state index contributed by atoms with van der Waals surface area (Å²) in [6.07, 6.45) is -0.871. The van der Waals surface area contributed by atoms with E-state index in [0.717, 1.165) is 27.2 Å². The predicted octanol–water partition coefficient (Wildman–Crippen LogP) is 4.12. The van der Waals surface area contributed by atoms with Gasteiger partial charge in [0.05, 0.1) is 5.92 Å². The molecule has 150 valence electrons. The highest BCUT2D eigenvalue weighted by atomic mass is 19.3. The molecule has 0 radical (unpaired) electrons. The molecule has 1 amide bonds. The number of hydrogen-bond donors (Lipinski definition) is 1. The number of ether oxygens (including phenoxy) is 1. The SMILES string of the molecule is O=C(O)C1CCC2C(N1C(=O)OCC1c3ccccc3-c3ccccc31)C2(F)F. The number of carbonyl (C=O) groups excluding carboxylic acids is 1. The van der Waals surface area contributed by atoms with Gasteiger partial charge in [0.2, 0.25) is 0 Å². The molecule has 2 fully saturated rings. The first-order valence-corrected chi connectivity index (χ1v) is 9.65. The molecule has 1 heterocycles. The molecule has 2 aromatic carbocycles. The van der Waals surface area contributed by atoms with E-state index < -0.39 is 36.0 Å². The van der Waals surface area contributed by atoms with Crippen molar-refractivity contribution in [3.8, 4) is 11.1 Å². The fourth-order valence-corrected chi connectivity index (χ4v) is 4.92. The van der Waals surface area contributed by atoms with E-state index in [0.29, 0.717) is 0 Å². The lowest BCUT2D eigenvalue weighted by Crippen LogP contribution is -2.50. The van der Waals surface area contributed by atoms with Crippen LogP contribution in [0, 0.1) is 5.92 Å². The summed E-state index contributed by atoms with van der Waals surface area (Å²) in [5.74, 6) is -5.51. The Morgan fingerprint density at radius 1 is 1.03 bits per heavy atom. The van der Waals surface area contributed by atoms with E-state index in [1.54, 1.807) is 0 Å². The summed E-state index contributed by atoms with van der Waals surface area (Å²) in [4.78, 5) is 25.0. The Morgan fingerprint density at radius 2 is 1.62 bits per heavy atom. The number of halogens is 2. The molecular weight excluding hydrogens is 380 g/mol. The van der Waals surface area contributed by atoms with Crippen LogP contribution in [0.2, 0.25) is 0 Å². The van der Waals surface area contributed by atoms with E-state index in [2.05, 4.69) is 0 Å². The van der Waals surface area contributed by atoms with Gasteiger partial charge in [-0.05, 0) is 35.1 Å². The molecule has 1 saturated heterocycles. The van der Waals surface area contributed by atoms with Crippen LogP contribution in [0.5, 0.6) is 0 Å². The van der Waals surface area contributed by atoms with Crippen molar-refractivity contribution in [1.82, 2.24) is 4.90 Å². The van der Waals surface area contributed by atoms with Crippen molar-refractivity contribution in [2.24, 2.45) is 5.92 Å². The first kappa shape index (κ1) is 18.1. The van der Waals surface area contributed by atoms with Crippen LogP contribution in [-0.4, -0.2) is 46.7 Å². The van der Waals surface area contributed by atoms with Gasteiger partial charge in [-0.25, -0.2) is 18.4 Å². The minimum Gasteiger partial charge on any atom is -0.480 e. The van der Waals surface area contributed by atoms with E-state index in [9.17, 15) is 23.5 Å². The van der Waals surface area contributed by atoms with Crippen molar-refractivity contribution >= 4 is 12.1 Å². The number of fused-ring (bicyclic) bond motifs is 4. The largest absolute Gasteiger partial charge is 0.480 e. The van der Waals surface area contributed by atoms with Crippen LogP contribution in [-0.2, 0) is 9.53 Å². The monoisotopic (exact) mass is 399 g/mol.